The van der Waals surface area contributed by atoms with Crippen LogP contribution in [0.5, 0.6) is 0 Å². The van der Waals surface area contributed by atoms with Gasteiger partial charge >= 0.3 is 12.1 Å². The molecular weight excluding hydrogens is 489 g/mol. The zero-order valence-corrected chi connectivity index (χ0v) is 20.4. The summed E-state index contributed by atoms with van der Waals surface area (Å²) < 4.78 is 43.1. The number of hydrogen-bond acceptors (Lipinski definition) is 8. The van der Waals surface area contributed by atoms with Gasteiger partial charge in [0, 0.05) is 36.5 Å². The molecule has 37 heavy (non-hydrogen) atoms. The first-order chi connectivity index (χ1) is 17.8. The van der Waals surface area contributed by atoms with Crippen molar-refractivity contribution in [3.05, 3.63) is 30.1 Å². The number of amides is 1. The van der Waals surface area contributed by atoms with Gasteiger partial charge in [-0.25, -0.2) is 4.98 Å². The highest BCUT2D eigenvalue weighted by atomic mass is 19.4. The Morgan fingerprint density at radius 3 is 2.54 bits per heavy atom. The van der Waals surface area contributed by atoms with Gasteiger partial charge in [0.1, 0.15) is 5.52 Å². The van der Waals surface area contributed by atoms with E-state index in [4.69, 9.17) is 4.74 Å². The number of nitrogens with one attached hydrogen (secondary N) is 4. The van der Waals surface area contributed by atoms with Gasteiger partial charge in [-0.1, -0.05) is 0 Å². The minimum Gasteiger partial charge on any atom is -0.378 e. The predicted molar refractivity (Wildman–Crippen MR) is 133 cm³/mol. The van der Waals surface area contributed by atoms with Crippen LogP contribution in [0.3, 0.4) is 0 Å². The number of carbonyl (C=O) groups is 1. The van der Waals surface area contributed by atoms with Crippen LogP contribution in [0.15, 0.2) is 24.5 Å². The standard InChI is InChI=1S/C24H29F3N8O2/c1-14-12-17(35-8-10-37-11-9-35)6-7-18(14)32-23-33-20-19(28-13-29-20)21(34-23)30-15-2-4-16(5-3-15)31-22(36)24(25,26)27/h6-7,12-13,15-16H,2-5,8-11H2,1H3,(H,31,36)(H3,28,29,30,32,33,34). The Morgan fingerprint density at radius 2 is 1.84 bits per heavy atom. The number of benzene rings is 1. The molecule has 198 valence electrons. The molecule has 2 aromatic heterocycles. The Labute approximate surface area is 211 Å². The number of halogens is 3. The molecule has 1 saturated heterocycles. The van der Waals surface area contributed by atoms with E-state index in [0.717, 1.165) is 43.2 Å². The molecule has 1 saturated carbocycles. The number of H-pyrrole nitrogens is 1. The van der Waals surface area contributed by atoms with Gasteiger partial charge in [-0.15, -0.1) is 0 Å². The second kappa shape index (κ2) is 10.4. The third-order valence-electron chi connectivity index (χ3n) is 6.78. The summed E-state index contributed by atoms with van der Waals surface area (Å²) in [5.74, 6) is -0.936. The average molecular weight is 519 g/mol. The molecule has 2 aliphatic rings. The summed E-state index contributed by atoms with van der Waals surface area (Å²) in [7, 11) is 0. The lowest BCUT2D eigenvalue weighted by Crippen LogP contribution is -2.45. The lowest BCUT2D eigenvalue weighted by molar-refractivity contribution is -0.174. The number of ether oxygens (including phenoxy) is 1. The smallest absolute Gasteiger partial charge is 0.378 e. The highest BCUT2D eigenvalue weighted by molar-refractivity contribution is 5.84. The van der Waals surface area contributed by atoms with Crippen LogP contribution in [0.25, 0.3) is 11.2 Å². The first-order valence-corrected chi connectivity index (χ1v) is 12.3. The highest BCUT2D eigenvalue weighted by Gasteiger charge is 2.40. The van der Waals surface area contributed by atoms with Gasteiger partial charge in [-0.2, -0.15) is 23.1 Å². The van der Waals surface area contributed by atoms with Crippen LogP contribution in [0, 0.1) is 6.92 Å². The molecule has 0 unspecified atom stereocenters. The van der Waals surface area contributed by atoms with Crippen molar-refractivity contribution in [2.75, 3.05) is 41.8 Å². The van der Waals surface area contributed by atoms with E-state index in [1.54, 1.807) is 6.33 Å². The number of rotatable bonds is 6. The number of imidazole rings is 1. The van der Waals surface area contributed by atoms with Gasteiger partial charge in [0.25, 0.3) is 0 Å². The van der Waals surface area contributed by atoms with E-state index < -0.39 is 18.1 Å². The quantitative estimate of drug-likeness (QED) is 0.391. The summed E-state index contributed by atoms with van der Waals surface area (Å²) in [6.07, 6.45) is -1.26. The largest absolute Gasteiger partial charge is 0.471 e. The van der Waals surface area contributed by atoms with Crippen LogP contribution in [0.2, 0.25) is 0 Å². The normalized spacial score (nSPS) is 20.6. The fraction of sp³-hybridized carbons (Fsp3) is 0.500. The molecule has 1 aliphatic heterocycles. The molecular formula is C24H29F3N8O2. The van der Waals surface area contributed by atoms with Crippen molar-refractivity contribution < 1.29 is 22.7 Å². The minimum absolute atomic E-state index is 0.0113. The van der Waals surface area contributed by atoms with E-state index in [2.05, 4.69) is 52.9 Å². The maximum absolute atomic E-state index is 12.5. The molecule has 10 nitrogen and oxygen atoms in total. The molecule has 0 atom stereocenters. The number of alkyl halides is 3. The summed E-state index contributed by atoms with van der Waals surface area (Å²) in [4.78, 5) is 30.0. The predicted octanol–water partition coefficient (Wildman–Crippen LogP) is 3.64. The number of nitrogens with zero attached hydrogens (tertiary/aromatic N) is 4. The molecule has 1 aromatic carbocycles. The number of hydrogen-bond donors (Lipinski definition) is 4. The van der Waals surface area contributed by atoms with E-state index in [1.807, 2.05) is 13.0 Å². The van der Waals surface area contributed by atoms with Crippen LogP contribution in [-0.2, 0) is 9.53 Å². The zero-order chi connectivity index (χ0) is 26.0. The SMILES string of the molecule is Cc1cc(N2CCOCC2)ccc1Nc1nc(NC2CCC(NC(=O)C(F)(F)F)CC2)c2[nH]cnc2n1. The summed E-state index contributed by atoms with van der Waals surface area (Å²) in [6, 6.07) is 5.67. The summed E-state index contributed by atoms with van der Waals surface area (Å²) in [5, 5.41) is 8.77. The molecule has 0 spiro atoms. The summed E-state index contributed by atoms with van der Waals surface area (Å²) in [6.45, 7) is 5.18. The summed E-state index contributed by atoms with van der Waals surface area (Å²) in [5.41, 5.74) is 4.20. The van der Waals surface area contributed by atoms with Gasteiger partial charge in [0.15, 0.2) is 11.5 Å². The number of aromatic nitrogens is 4. The number of aromatic amines is 1. The van der Waals surface area contributed by atoms with E-state index in [9.17, 15) is 18.0 Å². The van der Waals surface area contributed by atoms with Gasteiger partial charge in [-0.05, 0) is 56.4 Å². The monoisotopic (exact) mass is 518 g/mol. The van der Waals surface area contributed by atoms with Crippen molar-refractivity contribution in [3.63, 3.8) is 0 Å². The number of aryl methyl sites for hydroxylation is 1. The van der Waals surface area contributed by atoms with Crippen molar-refractivity contribution in [1.29, 1.82) is 0 Å². The van der Waals surface area contributed by atoms with Gasteiger partial charge in [0.05, 0.1) is 19.5 Å². The molecule has 0 bridgehead atoms. The van der Waals surface area contributed by atoms with Crippen LogP contribution in [-0.4, -0.2) is 70.4 Å². The molecule has 13 heteroatoms. The Bertz CT molecular complexity index is 1250. The maximum atomic E-state index is 12.5. The fourth-order valence-electron chi connectivity index (χ4n) is 4.76. The number of anilines is 4. The Hall–Kier alpha value is -3.61. The van der Waals surface area contributed by atoms with Crippen molar-refractivity contribution in [3.8, 4) is 0 Å². The van der Waals surface area contributed by atoms with Crippen LogP contribution in [0.4, 0.5) is 36.3 Å². The Balaban J connectivity index is 1.26. The number of fused-ring (bicyclic) bond motifs is 1. The van der Waals surface area contributed by atoms with Crippen molar-refractivity contribution in [1.82, 2.24) is 25.3 Å². The lowest BCUT2D eigenvalue weighted by atomic mass is 9.91. The number of morpholine rings is 1. The third-order valence-corrected chi connectivity index (χ3v) is 6.78. The first-order valence-electron chi connectivity index (χ1n) is 12.3. The zero-order valence-electron chi connectivity index (χ0n) is 20.4. The van der Waals surface area contributed by atoms with Gasteiger partial charge in [0.2, 0.25) is 5.95 Å². The van der Waals surface area contributed by atoms with E-state index in [0.29, 0.717) is 48.6 Å². The molecule has 2 fully saturated rings. The summed E-state index contributed by atoms with van der Waals surface area (Å²) >= 11 is 0. The van der Waals surface area contributed by atoms with E-state index in [-0.39, 0.29) is 6.04 Å². The van der Waals surface area contributed by atoms with E-state index in [1.165, 1.54) is 0 Å². The topological polar surface area (TPSA) is 120 Å². The number of carbonyl (C=O) groups excluding carboxylic acids is 1. The molecule has 4 N–H and O–H groups in total. The van der Waals surface area contributed by atoms with Crippen molar-refractivity contribution >= 4 is 40.2 Å². The van der Waals surface area contributed by atoms with Crippen LogP contribution >= 0.6 is 0 Å². The maximum Gasteiger partial charge on any atom is 0.471 e. The average Bonchev–Trinajstić information content (AvgIpc) is 3.35. The molecule has 1 aliphatic carbocycles. The van der Waals surface area contributed by atoms with Crippen LogP contribution in [0.1, 0.15) is 31.2 Å². The fourth-order valence-corrected chi connectivity index (χ4v) is 4.76. The molecule has 0 radical (unpaired) electrons. The Kier molecular flexibility index (Phi) is 7.04. The minimum atomic E-state index is -4.87. The third kappa shape index (κ3) is 5.87. The van der Waals surface area contributed by atoms with Crippen molar-refractivity contribution in [2.45, 2.75) is 50.9 Å². The second-order valence-corrected chi connectivity index (χ2v) is 9.38. The first kappa shape index (κ1) is 25.1. The van der Waals surface area contributed by atoms with Gasteiger partial charge < -0.3 is 30.6 Å². The molecule has 3 heterocycles. The van der Waals surface area contributed by atoms with Crippen LogP contribution < -0.4 is 20.9 Å². The van der Waals surface area contributed by atoms with Gasteiger partial charge in [-0.3, -0.25) is 4.79 Å². The van der Waals surface area contributed by atoms with Crippen molar-refractivity contribution in [2.24, 2.45) is 0 Å². The molecule has 5 rings (SSSR count). The molecule has 3 aromatic rings. The Morgan fingerprint density at radius 1 is 1.11 bits per heavy atom. The molecule has 1 amide bonds. The second-order valence-electron chi connectivity index (χ2n) is 9.38. The lowest BCUT2D eigenvalue weighted by Gasteiger charge is -2.30. The highest BCUT2D eigenvalue weighted by Crippen LogP contribution is 2.29. The van der Waals surface area contributed by atoms with E-state index >= 15 is 0 Å².